The highest BCUT2D eigenvalue weighted by Gasteiger charge is 2.37. The molecule has 3 N–H and O–H groups in total. The molecule has 2 saturated heterocycles. The smallest absolute Gasteiger partial charge is 0.328 e. The predicted molar refractivity (Wildman–Crippen MR) is 56.5 cm³/mol. The van der Waals surface area contributed by atoms with Crippen molar-refractivity contribution in [2.45, 2.75) is 38.1 Å². The first kappa shape index (κ1) is 12.9. The summed E-state index contributed by atoms with van der Waals surface area (Å²) in [5, 5.41) is 12.5. The molecule has 2 aliphatic heterocycles. The zero-order valence-electron chi connectivity index (χ0n) is 9.19. The minimum Gasteiger partial charge on any atom is -0.480 e. The Kier molecular flexibility index (Phi) is 4.26. The summed E-state index contributed by atoms with van der Waals surface area (Å²) in [5.74, 6) is -0.908. The maximum Gasteiger partial charge on any atom is 0.328 e. The second-order valence-corrected chi connectivity index (χ2v) is 4.15. The highest BCUT2D eigenvalue weighted by Crippen LogP contribution is 2.23. The van der Waals surface area contributed by atoms with Gasteiger partial charge in [0.05, 0.1) is 0 Å². The first-order valence-electron chi connectivity index (χ1n) is 5.50. The number of hydrogen-bond acceptors (Lipinski definition) is 3. The normalized spacial score (nSPS) is 26.6. The largest absolute Gasteiger partial charge is 0.480 e. The first-order chi connectivity index (χ1) is 7.20. The fraction of sp³-hybridized carbons (Fsp3) is 0.800. The highest BCUT2D eigenvalue weighted by molar-refractivity contribution is 5.83. The standard InChI is InChI=1S/C10H16N2O3.H2O/c13-9-5-1-2-6-11-7-3-4-8(10(14)15)12(9)11;/h8H,1-7H2,(H,14,15);1H2. The summed E-state index contributed by atoms with van der Waals surface area (Å²) in [6.07, 6.45) is 3.78. The van der Waals surface area contributed by atoms with Gasteiger partial charge in [-0.1, -0.05) is 0 Å². The fourth-order valence-electron chi connectivity index (χ4n) is 2.36. The van der Waals surface area contributed by atoms with Gasteiger partial charge in [0, 0.05) is 19.5 Å². The van der Waals surface area contributed by atoms with Crippen molar-refractivity contribution in [2.75, 3.05) is 13.1 Å². The van der Waals surface area contributed by atoms with Crippen LogP contribution in [-0.4, -0.2) is 51.6 Å². The van der Waals surface area contributed by atoms with E-state index in [1.54, 1.807) is 0 Å². The Balaban J connectivity index is 0.00000128. The van der Waals surface area contributed by atoms with E-state index < -0.39 is 12.0 Å². The molecule has 0 aromatic rings. The van der Waals surface area contributed by atoms with Gasteiger partial charge in [-0.3, -0.25) is 9.80 Å². The van der Waals surface area contributed by atoms with Gasteiger partial charge in [0.15, 0.2) is 0 Å². The van der Waals surface area contributed by atoms with Gasteiger partial charge in [-0.25, -0.2) is 9.80 Å². The van der Waals surface area contributed by atoms with Crippen molar-refractivity contribution in [1.82, 2.24) is 10.0 Å². The van der Waals surface area contributed by atoms with Crippen molar-refractivity contribution in [3.8, 4) is 0 Å². The number of hydrogen-bond donors (Lipinski definition) is 1. The average molecular weight is 230 g/mol. The molecule has 1 atom stereocenters. The maximum absolute atomic E-state index is 11.8. The van der Waals surface area contributed by atoms with E-state index in [1.165, 1.54) is 5.01 Å². The van der Waals surface area contributed by atoms with Gasteiger partial charge in [0.2, 0.25) is 5.91 Å². The van der Waals surface area contributed by atoms with Crippen LogP contribution >= 0.6 is 0 Å². The van der Waals surface area contributed by atoms with Crippen molar-refractivity contribution in [1.29, 1.82) is 0 Å². The SMILES string of the molecule is O.O=C(O)C1CCCN2CCCCC(=O)N12. The Morgan fingerprint density at radius 3 is 2.62 bits per heavy atom. The summed E-state index contributed by atoms with van der Waals surface area (Å²) >= 11 is 0. The summed E-state index contributed by atoms with van der Waals surface area (Å²) in [5.41, 5.74) is 0. The van der Waals surface area contributed by atoms with Gasteiger partial charge in [0.1, 0.15) is 6.04 Å². The van der Waals surface area contributed by atoms with E-state index in [0.29, 0.717) is 12.8 Å². The average Bonchev–Trinajstić information content (AvgIpc) is 2.40. The number of carbonyl (C=O) groups is 2. The number of carboxylic acids is 1. The molecular formula is C10H18N2O4. The van der Waals surface area contributed by atoms with Crippen molar-refractivity contribution < 1.29 is 20.2 Å². The fourth-order valence-corrected chi connectivity index (χ4v) is 2.36. The summed E-state index contributed by atoms with van der Waals surface area (Å²) in [6.45, 7) is 1.63. The third-order valence-electron chi connectivity index (χ3n) is 3.09. The molecule has 2 aliphatic rings. The Hall–Kier alpha value is -1.14. The summed E-state index contributed by atoms with van der Waals surface area (Å²) in [4.78, 5) is 22.8. The highest BCUT2D eigenvalue weighted by atomic mass is 16.4. The van der Waals surface area contributed by atoms with E-state index in [2.05, 4.69) is 0 Å². The van der Waals surface area contributed by atoms with Crippen molar-refractivity contribution in [3.05, 3.63) is 0 Å². The number of hydrazine groups is 1. The zero-order chi connectivity index (χ0) is 10.8. The Bertz CT molecular complexity index is 282. The van der Waals surface area contributed by atoms with Gasteiger partial charge >= 0.3 is 5.97 Å². The van der Waals surface area contributed by atoms with E-state index in [4.69, 9.17) is 5.11 Å². The number of carboxylic acid groups (broad SMARTS) is 1. The molecule has 6 nitrogen and oxygen atoms in total. The van der Waals surface area contributed by atoms with Crippen molar-refractivity contribution in [3.63, 3.8) is 0 Å². The second-order valence-electron chi connectivity index (χ2n) is 4.15. The molecule has 0 spiro atoms. The van der Waals surface area contributed by atoms with E-state index in [9.17, 15) is 9.59 Å². The molecule has 1 amide bonds. The number of amides is 1. The number of nitrogens with zero attached hydrogens (tertiary/aromatic N) is 2. The van der Waals surface area contributed by atoms with Crippen LogP contribution in [-0.2, 0) is 9.59 Å². The topological polar surface area (TPSA) is 92.3 Å². The van der Waals surface area contributed by atoms with Gasteiger partial charge in [-0.15, -0.1) is 0 Å². The number of rotatable bonds is 1. The van der Waals surface area contributed by atoms with E-state index in [0.717, 1.165) is 32.4 Å². The quantitative estimate of drug-likeness (QED) is 0.665. The van der Waals surface area contributed by atoms with Crippen LogP contribution in [0.5, 0.6) is 0 Å². The van der Waals surface area contributed by atoms with E-state index >= 15 is 0 Å². The molecular weight excluding hydrogens is 212 g/mol. The Morgan fingerprint density at radius 2 is 1.94 bits per heavy atom. The van der Waals surface area contributed by atoms with Gasteiger partial charge < -0.3 is 10.6 Å². The van der Waals surface area contributed by atoms with Crippen LogP contribution in [0, 0.1) is 0 Å². The van der Waals surface area contributed by atoms with Crippen LogP contribution in [0.15, 0.2) is 0 Å². The maximum atomic E-state index is 11.8. The van der Waals surface area contributed by atoms with Gasteiger partial charge in [-0.2, -0.15) is 0 Å². The van der Waals surface area contributed by atoms with Crippen molar-refractivity contribution >= 4 is 11.9 Å². The predicted octanol–water partition coefficient (Wildman–Crippen LogP) is -0.362. The Morgan fingerprint density at radius 1 is 1.25 bits per heavy atom. The molecule has 2 heterocycles. The molecule has 6 heteroatoms. The van der Waals surface area contributed by atoms with Gasteiger partial charge in [0.25, 0.3) is 0 Å². The summed E-state index contributed by atoms with van der Waals surface area (Å²) in [7, 11) is 0. The van der Waals surface area contributed by atoms with Crippen LogP contribution in [0.1, 0.15) is 32.1 Å². The van der Waals surface area contributed by atoms with Crippen LogP contribution in [0.3, 0.4) is 0 Å². The Labute approximate surface area is 94.1 Å². The molecule has 92 valence electrons. The lowest BCUT2D eigenvalue weighted by Gasteiger charge is -2.41. The lowest BCUT2D eigenvalue weighted by atomic mass is 10.1. The molecule has 1 unspecified atom stereocenters. The summed E-state index contributed by atoms with van der Waals surface area (Å²) in [6, 6.07) is -0.635. The number of fused-ring (bicyclic) bond motifs is 1. The molecule has 0 saturated carbocycles. The van der Waals surface area contributed by atoms with Crippen LogP contribution in [0.25, 0.3) is 0 Å². The third-order valence-corrected chi connectivity index (χ3v) is 3.09. The van der Waals surface area contributed by atoms with E-state index in [-0.39, 0.29) is 11.4 Å². The minimum atomic E-state index is -0.880. The van der Waals surface area contributed by atoms with Gasteiger partial charge in [-0.05, 0) is 25.7 Å². The van der Waals surface area contributed by atoms with Crippen LogP contribution in [0.4, 0.5) is 0 Å². The third kappa shape index (κ3) is 2.33. The lowest BCUT2D eigenvalue weighted by molar-refractivity contribution is -0.173. The lowest BCUT2D eigenvalue weighted by Crippen LogP contribution is -2.57. The molecule has 0 aromatic carbocycles. The molecule has 0 radical (unpaired) electrons. The molecule has 16 heavy (non-hydrogen) atoms. The molecule has 0 bridgehead atoms. The second kappa shape index (κ2) is 5.27. The van der Waals surface area contributed by atoms with Crippen molar-refractivity contribution in [2.24, 2.45) is 0 Å². The van der Waals surface area contributed by atoms with E-state index in [1.807, 2.05) is 5.01 Å². The first-order valence-corrected chi connectivity index (χ1v) is 5.50. The molecule has 2 rings (SSSR count). The zero-order valence-corrected chi connectivity index (χ0v) is 9.19. The molecule has 0 aliphatic carbocycles. The minimum absolute atomic E-state index is 0. The summed E-state index contributed by atoms with van der Waals surface area (Å²) < 4.78 is 0. The monoisotopic (exact) mass is 230 g/mol. The number of carbonyl (C=O) groups excluding carboxylic acids is 1. The van der Waals surface area contributed by atoms with Crippen LogP contribution < -0.4 is 0 Å². The molecule has 0 aromatic heterocycles. The number of aliphatic carboxylic acids is 1. The van der Waals surface area contributed by atoms with Crippen LogP contribution in [0.2, 0.25) is 0 Å². The molecule has 2 fully saturated rings.